The summed E-state index contributed by atoms with van der Waals surface area (Å²) in [7, 11) is 0. The summed E-state index contributed by atoms with van der Waals surface area (Å²) < 4.78 is 39.5. The van der Waals surface area contributed by atoms with Crippen molar-refractivity contribution in [2.75, 3.05) is 13.2 Å². The van der Waals surface area contributed by atoms with Gasteiger partial charge in [-0.1, -0.05) is 39.3 Å². The zero-order valence-electron chi connectivity index (χ0n) is 27.5. The van der Waals surface area contributed by atoms with Crippen molar-refractivity contribution in [3.63, 3.8) is 0 Å². The van der Waals surface area contributed by atoms with Gasteiger partial charge in [-0.15, -0.1) is 0 Å². The largest absolute Gasteiger partial charge is 0.490 e. The highest BCUT2D eigenvalue weighted by Crippen LogP contribution is 2.31. The predicted octanol–water partition coefficient (Wildman–Crippen LogP) is 8.21. The Labute approximate surface area is 270 Å². The Balaban J connectivity index is 0.000000279. The highest BCUT2D eigenvalue weighted by molar-refractivity contribution is 6.29. The van der Waals surface area contributed by atoms with Crippen molar-refractivity contribution in [1.82, 2.24) is 15.0 Å². The molecule has 0 unspecified atom stereocenters. The monoisotopic (exact) mass is 641 g/mol. The van der Waals surface area contributed by atoms with Gasteiger partial charge in [-0.05, 0) is 81.7 Å². The van der Waals surface area contributed by atoms with Crippen LogP contribution < -0.4 is 20.9 Å². The van der Waals surface area contributed by atoms with E-state index in [0.29, 0.717) is 47.2 Å². The van der Waals surface area contributed by atoms with E-state index in [1.54, 1.807) is 24.5 Å². The fraction of sp³-hybridized carbons (Fsp3) is 0.457. The molecule has 0 spiro atoms. The van der Waals surface area contributed by atoms with Crippen molar-refractivity contribution in [1.29, 1.82) is 0 Å². The summed E-state index contributed by atoms with van der Waals surface area (Å²) in [5.41, 5.74) is 14.9. The van der Waals surface area contributed by atoms with Gasteiger partial charge in [0.1, 0.15) is 41.5 Å². The molecule has 0 amide bonds. The SMILES string of the molecule is Cc1cc(-c2ccnc3cc(F)cc(F)c23)ncc1OC[C@@](C)(N)CC(C)C.Cc1cc(Cl)ncc1OC[C@@](C)(N)CC(C)C. The molecule has 4 rings (SSSR count). The van der Waals surface area contributed by atoms with Crippen molar-refractivity contribution in [3.8, 4) is 22.8 Å². The number of nitrogens with two attached hydrogens (primary N) is 2. The molecule has 3 aromatic heterocycles. The molecule has 7 nitrogen and oxygen atoms in total. The summed E-state index contributed by atoms with van der Waals surface area (Å²) in [6.07, 6.45) is 6.54. The van der Waals surface area contributed by atoms with Gasteiger partial charge < -0.3 is 20.9 Å². The first-order chi connectivity index (χ1) is 21.0. The average Bonchev–Trinajstić information content (AvgIpc) is 2.90. The summed E-state index contributed by atoms with van der Waals surface area (Å²) in [5, 5.41) is 0.725. The number of hydrogen-bond donors (Lipinski definition) is 2. The molecule has 4 N–H and O–H groups in total. The molecule has 10 heteroatoms. The first-order valence-electron chi connectivity index (χ1n) is 15.1. The molecule has 0 saturated heterocycles. The third-order valence-electron chi connectivity index (χ3n) is 6.99. The topological polar surface area (TPSA) is 109 Å². The molecule has 3 heterocycles. The Morgan fingerprint density at radius 1 is 0.800 bits per heavy atom. The second-order valence-corrected chi connectivity index (χ2v) is 13.7. The zero-order valence-corrected chi connectivity index (χ0v) is 28.3. The van der Waals surface area contributed by atoms with Gasteiger partial charge in [0.25, 0.3) is 0 Å². The van der Waals surface area contributed by atoms with Crippen LogP contribution in [0.4, 0.5) is 8.78 Å². The van der Waals surface area contributed by atoms with E-state index in [1.807, 2.05) is 33.8 Å². The Kier molecular flexibility index (Phi) is 12.2. The maximum atomic E-state index is 14.4. The van der Waals surface area contributed by atoms with Crippen molar-refractivity contribution in [2.24, 2.45) is 23.3 Å². The molecule has 1 aromatic carbocycles. The molecule has 244 valence electrons. The number of pyridine rings is 3. The quantitative estimate of drug-likeness (QED) is 0.159. The summed E-state index contributed by atoms with van der Waals surface area (Å²) in [6, 6.07) is 7.35. The maximum absolute atomic E-state index is 14.4. The molecule has 0 aliphatic carbocycles. The molecule has 0 radical (unpaired) electrons. The van der Waals surface area contributed by atoms with Gasteiger partial charge in [-0.2, -0.15) is 0 Å². The number of aryl methyl sites for hydroxylation is 2. The number of hydrogen-bond acceptors (Lipinski definition) is 7. The van der Waals surface area contributed by atoms with Crippen LogP contribution in [-0.2, 0) is 0 Å². The Hall–Kier alpha value is -3.40. The first kappa shape index (κ1) is 36.1. The van der Waals surface area contributed by atoms with Gasteiger partial charge in [0.15, 0.2) is 0 Å². The van der Waals surface area contributed by atoms with Crippen LogP contribution in [0.15, 0.2) is 48.9 Å². The minimum atomic E-state index is -0.662. The van der Waals surface area contributed by atoms with E-state index in [1.165, 1.54) is 12.3 Å². The van der Waals surface area contributed by atoms with E-state index in [0.717, 1.165) is 35.8 Å². The minimum Gasteiger partial charge on any atom is -0.490 e. The van der Waals surface area contributed by atoms with Crippen LogP contribution in [0.1, 0.15) is 65.5 Å². The lowest BCUT2D eigenvalue weighted by atomic mass is 9.93. The minimum absolute atomic E-state index is 0.246. The highest BCUT2D eigenvalue weighted by Gasteiger charge is 2.23. The molecular weight excluding hydrogens is 596 g/mol. The number of rotatable bonds is 11. The van der Waals surface area contributed by atoms with Gasteiger partial charge in [-0.25, -0.2) is 13.8 Å². The van der Waals surface area contributed by atoms with Crippen LogP contribution in [0, 0.1) is 37.3 Å². The molecule has 4 aromatic rings. The lowest BCUT2D eigenvalue weighted by Gasteiger charge is -2.27. The fourth-order valence-electron chi connectivity index (χ4n) is 5.39. The van der Waals surface area contributed by atoms with Crippen LogP contribution in [0.3, 0.4) is 0 Å². The molecule has 0 bridgehead atoms. The van der Waals surface area contributed by atoms with Crippen LogP contribution in [0.2, 0.25) is 5.15 Å². The van der Waals surface area contributed by atoms with Gasteiger partial charge in [0.2, 0.25) is 0 Å². The summed E-state index contributed by atoms with van der Waals surface area (Å²) in [5.74, 6) is 1.08. The number of nitrogens with zero attached hydrogens (tertiary/aromatic N) is 3. The number of benzene rings is 1. The first-order valence-corrected chi connectivity index (χ1v) is 15.5. The molecular formula is C35H46ClF2N5O2. The van der Waals surface area contributed by atoms with Crippen molar-refractivity contribution < 1.29 is 18.3 Å². The Morgan fingerprint density at radius 2 is 1.33 bits per heavy atom. The standard InChI is InChI=1S/C22H25F2N3O.C13H21ClN2O/c1-13(2)10-22(4,25)12-28-20-11-27-18(7-14(20)3)16-5-6-26-19-9-15(23)8-17(24)21(16)19;1-9(2)6-13(4,15)8-17-11-7-16-12(14)5-10(11)3/h5-9,11,13H,10,12,25H2,1-4H3;5,7,9H,6,8,15H2,1-4H3/t22-;13-/m00/s1. The number of halogens is 3. The second kappa shape index (κ2) is 15.3. The molecule has 0 aliphatic heterocycles. The molecule has 0 saturated carbocycles. The number of aromatic nitrogens is 3. The zero-order chi connectivity index (χ0) is 33.5. The Bertz CT molecular complexity index is 1590. The van der Waals surface area contributed by atoms with Crippen LogP contribution in [0.25, 0.3) is 22.2 Å². The van der Waals surface area contributed by atoms with Crippen molar-refractivity contribution in [2.45, 2.75) is 79.3 Å². The van der Waals surface area contributed by atoms with Crippen LogP contribution in [0.5, 0.6) is 11.5 Å². The average molecular weight is 642 g/mol. The molecule has 0 fully saturated rings. The van der Waals surface area contributed by atoms with E-state index in [9.17, 15) is 8.78 Å². The predicted molar refractivity (Wildman–Crippen MR) is 179 cm³/mol. The molecule has 45 heavy (non-hydrogen) atoms. The lowest BCUT2D eigenvalue weighted by Crippen LogP contribution is -2.43. The van der Waals surface area contributed by atoms with Crippen LogP contribution >= 0.6 is 11.6 Å². The van der Waals surface area contributed by atoms with Crippen molar-refractivity contribution >= 4 is 22.5 Å². The molecule has 0 aliphatic rings. The van der Waals surface area contributed by atoms with Gasteiger partial charge >= 0.3 is 0 Å². The van der Waals surface area contributed by atoms with Crippen molar-refractivity contribution in [3.05, 3.63) is 76.8 Å². The number of fused-ring (bicyclic) bond motifs is 1. The lowest BCUT2D eigenvalue weighted by molar-refractivity contribution is 0.205. The van der Waals surface area contributed by atoms with E-state index < -0.39 is 17.2 Å². The summed E-state index contributed by atoms with van der Waals surface area (Å²) in [4.78, 5) is 12.5. The third kappa shape index (κ3) is 10.9. The van der Waals surface area contributed by atoms with E-state index in [4.69, 9.17) is 32.5 Å². The van der Waals surface area contributed by atoms with Gasteiger partial charge in [-0.3, -0.25) is 9.97 Å². The molecule has 2 atom stereocenters. The maximum Gasteiger partial charge on any atom is 0.140 e. The van der Waals surface area contributed by atoms with E-state index >= 15 is 0 Å². The second-order valence-electron chi connectivity index (χ2n) is 13.3. The normalized spacial score (nSPS) is 14.1. The number of ether oxygens (including phenoxy) is 2. The van der Waals surface area contributed by atoms with E-state index in [-0.39, 0.29) is 16.4 Å². The van der Waals surface area contributed by atoms with Gasteiger partial charge in [0.05, 0.1) is 23.6 Å². The Morgan fingerprint density at radius 3 is 1.84 bits per heavy atom. The smallest absolute Gasteiger partial charge is 0.140 e. The van der Waals surface area contributed by atoms with Gasteiger partial charge in [0, 0.05) is 40.4 Å². The highest BCUT2D eigenvalue weighted by atomic mass is 35.5. The third-order valence-corrected chi connectivity index (χ3v) is 7.20. The summed E-state index contributed by atoms with van der Waals surface area (Å²) in [6.45, 7) is 17.2. The summed E-state index contributed by atoms with van der Waals surface area (Å²) >= 11 is 5.78. The van der Waals surface area contributed by atoms with Crippen LogP contribution in [-0.4, -0.2) is 39.2 Å². The van der Waals surface area contributed by atoms with E-state index in [2.05, 4.69) is 42.6 Å². The fourth-order valence-corrected chi connectivity index (χ4v) is 5.60.